The molecule has 1 amide bonds. The normalized spacial score (nSPS) is 27.3. The molecule has 18 heavy (non-hydrogen) atoms. The lowest BCUT2D eigenvalue weighted by atomic mass is 9.93. The van der Waals surface area contributed by atoms with E-state index in [1.807, 2.05) is 6.92 Å². The van der Waals surface area contributed by atoms with Crippen molar-refractivity contribution in [2.24, 2.45) is 5.92 Å². The Labute approximate surface area is 107 Å². The van der Waals surface area contributed by atoms with Gasteiger partial charge in [-0.2, -0.15) is 0 Å². The Hall–Kier alpha value is -1.14. The van der Waals surface area contributed by atoms with Crippen LogP contribution in [-0.2, 0) is 19.1 Å². The number of rotatable bonds is 5. The Kier molecular flexibility index (Phi) is 5.10. The average Bonchev–Trinajstić information content (AvgIpc) is 2.29. The minimum absolute atomic E-state index is 0.0352. The molecule has 1 aliphatic rings. The lowest BCUT2D eigenvalue weighted by Crippen LogP contribution is -2.57. The summed E-state index contributed by atoms with van der Waals surface area (Å²) in [7, 11) is 1.41. The van der Waals surface area contributed by atoms with E-state index in [9.17, 15) is 9.59 Å². The smallest absolute Gasteiger partial charge is 0.331 e. The van der Waals surface area contributed by atoms with Gasteiger partial charge in [-0.1, -0.05) is 0 Å². The number of carbonyl (C=O) groups excluding carboxylic acids is 1. The summed E-state index contributed by atoms with van der Waals surface area (Å²) < 4.78 is 10.2. The van der Waals surface area contributed by atoms with E-state index in [1.54, 1.807) is 0 Å². The third-order valence-corrected chi connectivity index (χ3v) is 3.16. The minimum Gasteiger partial charge on any atom is -0.479 e. The molecule has 0 radical (unpaired) electrons. The van der Waals surface area contributed by atoms with Crippen molar-refractivity contribution >= 4 is 11.9 Å². The average molecular weight is 259 g/mol. The van der Waals surface area contributed by atoms with E-state index >= 15 is 0 Å². The number of hydrogen-bond donors (Lipinski definition) is 2. The zero-order valence-electron chi connectivity index (χ0n) is 11.1. The lowest BCUT2D eigenvalue weighted by molar-refractivity contribution is -0.150. The van der Waals surface area contributed by atoms with Gasteiger partial charge in [0.25, 0.3) is 0 Å². The van der Waals surface area contributed by atoms with Gasteiger partial charge >= 0.3 is 5.97 Å². The Morgan fingerprint density at radius 3 is 2.72 bits per heavy atom. The predicted octanol–water partition coefficient (Wildman–Crippen LogP) is 0.407. The SMILES string of the molecule is COCC(C)(NC(=O)C1CCOC(C)C1)C(=O)O. The van der Waals surface area contributed by atoms with Gasteiger partial charge in [-0.25, -0.2) is 4.79 Å². The van der Waals surface area contributed by atoms with Crippen LogP contribution in [0.2, 0.25) is 0 Å². The molecule has 3 unspecified atom stereocenters. The summed E-state index contributed by atoms with van der Waals surface area (Å²) in [5, 5.41) is 11.7. The highest BCUT2D eigenvalue weighted by Crippen LogP contribution is 2.21. The van der Waals surface area contributed by atoms with E-state index in [0.29, 0.717) is 19.4 Å². The number of carboxylic acid groups (broad SMARTS) is 1. The molecule has 6 heteroatoms. The first-order valence-corrected chi connectivity index (χ1v) is 6.05. The number of aliphatic carboxylic acids is 1. The van der Waals surface area contributed by atoms with E-state index in [0.717, 1.165) is 0 Å². The van der Waals surface area contributed by atoms with Crippen LogP contribution in [0.1, 0.15) is 26.7 Å². The molecule has 0 aromatic carbocycles. The summed E-state index contributed by atoms with van der Waals surface area (Å²) in [6.45, 7) is 3.82. The zero-order valence-corrected chi connectivity index (χ0v) is 11.1. The third-order valence-electron chi connectivity index (χ3n) is 3.16. The Morgan fingerprint density at radius 2 is 2.22 bits per heavy atom. The number of methoxy groups -OCH3 is 1. The second kappa shape index (κ2) is 6.15. The maximum Gasteiger partial charge on any atom is 0.331 e. The van der Waals surface area contributed by atoms with Crippen LogP contribution in [0.5, 0.6) is 0 Å². The van der Waals surface area contributed by atoms with Crippen molar-refractivity contribution in [3.8, 4) is 0 Å². The van der Waals surface area contributed by atoms with E-state index in [2.05, 4.69) is 5.32 Å². The van der Waals surface area contributed by atoms with Gasteiger partial charge in [-0.3, -0.25) is 4.79 Å². The van der Waals surface area contributed by atoms with Crippen LogP contribution >= 0.6 is 0 Å². The van der Waals surface area contributed by atoms with Crippen molar-refractivity contribution in [1.82, 2.24) is 5.32 Å². The topological polar surface area (TPSA) is 84.9 Å². The summed E-state index contributed by atoms with van der Waals surface area (Å²) in [5.41, 5.74) is -1.38. The molecule has 0 aromatic rings. The van der Waals surface area contributed by atoms with Crippen molar-refractivity contribution in [3.63, 3.8) is 0 Å². The summed E-state index contributed by atoms with van der Waals surface area (Å²) in [6, 6.07) is 0. The van der Waals surface area contributed by atoms with Gasteiger partial charge in [0.05, 0.1) is 12.7 Å². The molecule has 104 valence electrons. The molecule has 3 atom stereocenters. The molecule has 0 bridgehead atoms. The summed E-state index contributed by atoms with van der Waals surface area (Å²) >= 11 is 0. The van der Waals surface area contributed by atoms with Crippen LogP contribution in [0.4, 0.5) is 0 Å². The van der Waals surface area contributed by atoms with Crippen molar-refractivity contribution in [2.45, 2.75) is 38.3 Å². The molecule has 0 saturated carbocycles. The predicted molar refractivity (Wildman–Crippen MR) is 64.2 cm³/mol. The molecule has 1 heterocycles. The van der Waals surface area contributed by atoms with Crippen molar-refractivity contribution in [3.05, 3.63) is 0 Å². The maximum absolute atomic E-state index is 12.1. The van der Waals surface area contributed by atoms with Crippen LogP contribution in [0.15, 0.2) is 0 Å². The molecule has 0 aromatic heterocycles. The molecule has 0 aliphatic carbocycles. The van der Waals surface area contributed by atoms with Gasteiger partial charge in [0.15, 0.2) is 5.54 Å². The van der Waals surface area contributed by atoms with Crippen molar-refractivity contribution < 1.29 is 24.2 Å². The molecule has 6 nitrogen and oxygen atoms in total. The number of amides is 1. The number of carboxylic acids is 1. The number of hydrogen-bond acceptors (Lipinski definition) is 4. The minimum atomic E-state index is -1.38. The first-order valence-electron chi connectivity index (χ1n) is 6.05. The highest BCUT2D eigenvalue weighted by atomic mass is 16.5. The van der Waals surface area contributed by atoms with Crippen molar-refractivity contribution in [1.29, 1.82) is 0 Å². The molecular formula is C12H21NO5. The van der Waals surface area contributed by atoms with Gasteiger partial charge in [-0.05, 0) is 26.7 Å². The molecule has 1 rings (SSSR count). The maximum atomic E-state index is 12.1. The first-order chi connectivity index (χ1) is 8.39. The van der Waals surface area contributed by atoms with E-state index in [1.165, 1.54) is 14.0 Å². The standard InChI is InChI=1S/C12H21NO5/c1-8-6-9(4-5-18-8)10(14)13-12(2,7-17-3)11(15)16/h8-9H,4-7H2,1-3H3,(H,13,14)(H,15,16). The van der Waals surface area contributed by atoms with E-state index < -0.39 is 11.5 Å². The van der Waals surface area contributed by atoms with Gasteiger partial charge in [0, 0.05) is 19.6 Å². The van der Waals surface area contributed by atoms with Crippen LogP contribution in [0.3, 0.4) is 0 Å². The fourth-order valence-corrected chi connectivity index (χ4v) is 2.05. The lowest BCUT2D eigenvalue weighted by Gasteiger charge is -2.31. The van der Waals surface area contributed by atoms with Gasteiger partial charge < -0.3 is 19.9 Å². The van der Waals surface area contributed by atoms with E-state index in [4.69, 9.17) is 14.6 Å². The van der Waals surface area contributed by atoms with Crippen molar-refractivity contribution in [2.75, 3.05) is 20.3 Å². The largest absolute Gasteiger partial charge is 0.479 e. The van der Waals surface area contributed by atoms with Gasteiger partial charge in [0.2, 0.25) is 5.91 Å². The van der Waals surface area contributed by atoms with Crippen LogP contribution in [0.25, 0.3) is 0 Å². The molecular weight excluding hydrogens is 238 g/mol. The Morgan fingerprint density at radius 1 is 1.56 bits per heavy atom. The summed E-state index contributed by atoms with van der Waals surface area (Å²) in [5.74, 6) is -1.53. The number of carbonyl (C=O) groups is 2. The van der Waals surface area contributed by atoms with E-state index in [-0.39, 0.29) is 24.5 Å². The Bertz CT molecular complexity index is 320. The monoisotopic (exact) mass is 259 g/mol. The second-order valence-corrected chi connectivity index (χ2v) is 4.96. The second-order valence-electron chi connectivity index (χ2n) is 4.96. The van der Waals surface area contributed by atoms with Crippen LogP contribution in [-0.4, -0.2) is 48.9 Å². The quantitative estimate of drug-likeness (QED) is 0.747. The summed E-state index contributed by atoms with van der Waals surface area (Å²) in [4.78, 5) is 23.2. The molecule has 1 aliphatic heterocycles. The van der Waals surface area contributed by atoms with Gasteiger partial charge in [-0.15, -0.1) is 0 Å². The van der Waals surface area contributed by atoms with Gasteiger partial charge in [0.1, 0.15) is 0 Å². The zero-order chi connectivity index (χ0) is 13.8. The number of nitrogens with one attached hydrogen (secondary N) is 1. The van der Waals surface area contributed by atoms with Crippen LogP contribution < -0.4 is 5.32 Å². The molecule has 2 N–H and O–H groups in total. The fourth-order valence-electron chi connectivity index (χ4n) is 2.05. The highest BCUT2D eigenvalue weighted by molar-refractivity contribution is 5.88. The third kappa shape index (κ3) is 3.68. The Balaban J connectivity index is 2.63. The highest BCUT2D eigenvalue weighted by Gasteiger charge is 2.37. The van der Waals surface area contributed by atoms with Crippen LogP contribution in [0, 0.1) is 5.92 Å². The number of ether oxygens (including phenoxy) is 2. The first kappa shape index (κ1) is 14.9. The molecule has 0 spiro atoms. The molecule has 1 fully saturated rings. The summed E-state index contributed by atoms with van der Waals surface area (Å²) in [6.07, 6.45) is 1.28. The fraction of sp³-hybridized carbons (Fsp3) is 0.833. The molecule has 1 saturated heterocycles.